The molecule has 0 aliphatic carbocycles. The average Bonchev–Trinajstić information content (AvgIpc) is 2.10. The van der Waals surface area contributed by atoms with Gasteiger partial charge in [-0.2, -0.15) is 0 Å². The number of rotatable bonds is 3. The molecular weight excluding hydrogens is 260 g/mol. The maximum absolute atomic E-state index is 10.5. The smallest absolute Gasteiger partial charge is 0.332 e. The minimum atomic E-state index is -1.33. The molecule has 0 spiro atoms. The molecule has 1 aromatic carbocycles. The molecule has 2 N–H and O–H groups in total. The highest BCUT2D eigenvalue weighted by molar-refractivity contribution is 9.10. The zero-order chi connectivity index (χ0) is 11.6. The largest absolute Gasteiger partial charge is 0.479 e. The summed E-state index contributed by atoms with van der Waals surface area (Å²) in [5.41, 5.74) is 2.87. The zero-order valence-electron chi connectivity index (χ0n) is 8.62. The minimum absolute atomic E-state index is 0.153. The Labute approximate surface area is 96.9 Å². The van der Waals surface area contributed by atoms with Gasteiger partial charge < -0.3 is 10.2 Å². The van der Waals surface area contributed by atoms with Gasteiger partial charge in [-0.3, -0.25) is 0 Å². The number of carboxylic acids is 1. The van der Waals surface area contributed by atoms with E-state index in [2.05, 4.69) is 15.9 Å². The van der Waals surface area contributed by atoms with Crippen molar-refractivity contribution >= 4 is 21.9 Å². The summed E-state index contributed by atoms with van der Waals surface area (Å²) in [4.78, 5) is 10.5. The van der Waals surface area contributed by atoms with Crippen molar-refractivity contribution in [2.75, 3.05) is 0 Å². The molecule has 0 radical (unpaired) electrons. The van der Waals surface area contributed by atoms with Gasteiger partial charge in [0.15, 0.2) is 6.10 Å². The molecular formula is C11H13BrO3. The van der Waals surface area contributed by atoms with E-state index in [4.69, 9.17) is 5.11 Å². The first kappa shape index (κ1) is 12.2. The van der Waals surface area contributed by atoms with Gasteiger partial charge in [-0.25, -0.2) is 4.79 Å². The van der Waals surface area contributed by atoms with Crippen molar-refractivity contribution in [2.45, 2.75) is 26.4 Å². The minimum Gasteiger partial charge on any atom is -0.479 e. The van der Waals surface area contributed by atoms with Crippen molar-refractivity contribution < 1.29 is 15.0 Å². The van der Waals surface area contributed by atoms with Crippen LogP contribution in [-0.4, -0.2) is 22.3 Å². The first-order valence-electron chi connectivity index (χ1n) is 4.58. The van der Waals surface area contributed by atoms with Gasteiger partial charge in [-0.1, -0.05) is 15.9 Å². The summed E-state index contributed by atoms with van der Waals surface area (Å²) < 4.78 is 0.964. The van der Waals surface area contributed by atoms with Gasteiger partial charge >= 0.3 is 5.97 Å². The van der Waals surface area contributed by atoms with Crippen LogP contribution in [0.5, 0.6) is 0 Å². The van der Waals surface area contributed by atoms with Crippen molar-refractivity contribution in [3.8, 4) is 0 Å². The zero-order valence-corrected chi connectivity index (χ0v) is 10.2. The molecule has 0 aliphatic rings. The molecule has 1 aromatic rings. The number of halogens is 1. The fraction of sp³-hybridized carbons (Fsp3) is 0.364. The lowest BCUT2D eigenvalue weighted by Gasteiger charge is -2.12. The monoisotopic (exact) mass is 272 g/mol. The van der Waals surface area contributed by atoms with Crippen LogP contribution in [0.2, 0.25) is 0 Å². The Hall–Kier alpha value is -0.870. The van der Waals surface area contributed by atoms with Crippen molar-refractivity contribution in [2.24, 2.45) is 0 Å². The quantitative estimate of drug-likeness (QED) is 0.886. The van der Waals surface area contributed by atoms with E-state index in [1.54, 1.807) is 0 Å². The van der Waals surface area contributed by atoms with E-state index >= 15 is 0 Å². The molecule has 15 heavy (non-hydrogen) atoms. The van der Waals surface area contributed by atoms with E-state index in [0.29, 0.717) is 0 Å². The third kappa shape index (κ3) is 3.04. The Kier molecular flexibility index (Phi) is 3.88. The number of aryl methyl sites for hydroxylation is 2. The summed E-state index contributed by atoms with van der Waals surface area (Å²) in [5.74, 6) is -1.18. The number of hydrogen-bond acceptors (Lipinski definition) is 2. The number of aliphatic carboxylic acids is 1. The number of benzene rings is 1. The van der Waals surface area contributed by atoms with Crippen LogP contribution >= 0.6 is 15.9 Å². The van der Waals surface area contributed by atoms with Crippen LogP contribution in [0.1, 0.15) is 16.7 Å². The maximum Gasteiger partial charge on any atom is 0.332 e. The predicted octanol–water partition coefficient (Wildman–Crippen LogP) is 2.05. The van der Waals surface area contributed by atoms with E-state index in [-0.39, 0.29) is 6.42 Å². The maximum atomic E-state index is 10.5. The van der Waals surface area contributed by atoms with Gasteiger partial charge in [-0.15, -0.1) is 0 Å². The normalized spacial score (nSPS) is 12.5. The van der Waals surface area contributed by atoms with Crippen LogP contribution in [0.4, 0.5) is 0 Å². The van der Waals surface area contributed by atoms with Gasteiger partial charge in [0, 0.05) is 10.9 Å². The van der Waals surface area contributed by atoms with Crippen molar-refractivity contribution in [1.82, 2.24) is 0 Å². The van der Waals surface area contributed by atoms with E-state index in [1.807, 2.05) is 26.0 Å². The molecule has 0 saturated heterocycles. The lowest BCUT2D eigenvalue weighted by Crippen LogP contribution is -2.22. The second-order valence-electron chi connectivity index (χ2n) is 3.58. The Morgan fingerprint density at radius 3 is 2.27 bits per heavy atom. The number of hydrogen-bond donors (Lipinski definition) is 2. The topological polar surface area (TPSA) is 57.5 Å². The summed E-state index contributed by atoms with van der Waals surface area (Å²) in [6.45, 7) is 3.81. The van der Waals surface area contributed by atoms with E-state index < -0.39 is 12.1 Å². The number of aliphatic hydroxyl groups excluding tert-OH is 1. The first-order valence-corrected chi connectivity index (χ1v) is 5.37. The highest BCUT2D eigenvalue weighted by Gasteiger charge is 2.16. The molecule has 0 saturated carbocycles. The van der Waals surface area contributed by atoms with E-state index in [0.717, 1.165) is 21.2 Å². The molecule has 0 aromatic heterocycles. The second-order valence-corrected chi connectivity index (χ2v) is 4.49. The molecule has 1 unspecified atom stereocenters. The summed E-state index contributed by atoms with van der Waals surface area (Å²) >= 11 is 3.36. The first-order chi connectivity index (χ1) is 6.91. The van der Waals surface area contributed by atoms with Gasteiger partial charge in [-0.05, 0) is 42.7 Å². The number of carboxylic acid groups (broad SMARTS) is 1. The highest BCUT2D eigenvalue weighted by Crippen LogP contribution is 2.21. The van der Waals surface area contributed by atoms with Gasteiger partial charge in [0.1, 0.15) is 0 Å². The van der Waals surface area contributed by atoms with Crippen LogP contribution in [0, 0.1) is 13.8 Å². The van der Waals surface area contributed by atoms with E-state index in [9.17, 15) is 9.90 Å². The molecule has 4 heteroatoms. The molecule has 0 bridgehead atoms. The van der Waals surface area contributed by atoms with Gasteiger partial charge in [0.05, 0.1) is 0 Å². The molecule has 3 nitrogen and oxygen atoms in total. The summed E-state index contributed by atoms with van der Waals surface area (Å²) in [6.07, 6.45) is -1.18. The SMILES string of the molecule is Cc1cc(Br)cc(C)c1CC(O)C(=O)O. The van der Waals surface area contributed by atoms with Crippen molar-refractivity contribution in [3.05, 3.63) is 33.3 Å². The van der Waals surface area contributed by atoms with Crippen LogP contribution in [-0.2, 0) is 11.2 Å². The molecule has 0 fully saturated rings. The molecule has 0 amide bonds. The van der Waals surface area contributed by atoms with Gasteiger partial charge in [0.2, 0.25) is 0 Å². The summed E-state index contributed by atoms with van der Waals surface area (Å²) in [5, 5.41) is 17.9. The summed E-state index contributed by atoms with van der Waals surface area (Å²) in [7, 11) is 0. The molecule has 82 valence electrons. The third-order valence-corrected chi connectivity index (χ3v) is 2.80. The number of carbonyl (C=O) groups is 1. The van der Waals surface area contributed by atoms with Crippen molar-refractivity contribution in [1.29, 1.82) is 0 Å². The van der Waals surface area contributed by atoms with Crippen LogP contribution < -0.4 is 0 Å². The second kappa shape index (κ2) is 4.77. The van der Waals surface area contributed by atoms with E-state index in [1.165, 1.54) is 0 Å². The predicted molar refractivity (Wildman–Crippen MR) is 61.0 cm³/mol. The Bertz CT molecular complexity index is 364. The standard InChI is InChI=1S/C11H13BrO3/c1-6-3-8(12)4-7(2)9(6)5-10(13)11(14)15/h3-4,10,13H,5H2,1-2H3,(H,14,15). The third-order valence-electron chi connectivity index (χ3n) is 2.34. The van der Waals surface area contributed by atoms with Gasteiger partial charge in [0.25, 0.3) is 0 Å². The van der Waals surface area contributed by atoms with Crippen LogP contribution in [0.3, 0.4) is 0 Å². The number of aliphatic hydroxyl groups is 1. The molecule has 0 aliphatic heterocycles. The Morgan fingerprint density at radius 1 is 1.40 bits per heavy atom. The molecule has 0 heterocycles. The van der Waals surface area contributed by atoms with Crippen LogP contribution in [0.25, 0.3) is 0 Å². The lowest BCUT2D eigenvalue weighted by molar-refractivity contribution is -0.146. The van der Waals surface area contributed by atoms with Crippen LogP contribution in [0.15, 0.2) is 16.6 Å². The van der Waals surface area contributed by atoms with Crippen molar-refractivity contribution in [3.63, 3.8) is 0 Å². The molecule has 1 atom stereocenters. The highest BCUT2D eigenvalue weighted by atomic mass is 79.9. The summed E-state index contributed by atoms with van der Waals surface area (Å²) in [6, 6.07) is 3.83. The Balaban J connectivity index is 3.00. The fourth-order valence-electron chi connectivity index (χ4n) is 1.54. The fourth-order valence-corrected chi connectivity index (χ4v) is 2.23. The average molecular weight is 273 g/mol. The Morgan fingerprint density at radius 2 is 1.87 bits per heavy atom. The lowest BCUT2D eigenvalue weighted by atomic mass is 9.97. The molecule has 1 rings (SSSR count).